The Balaban J connectivity index is 2.05. The second kappa shape index (κ2) is 9.11. The Labute approximate surface area is 168 Å². The van der Waals surface area contributed by atoms with E-state index in [1.54, 1.807) is 23.1 Å². The SMILES string of the molecule is COc1ccc([C@@H]2[C@@H](CO)OCCN2C(=O)c2cc(F)ccc2OC)cc1OC. The first-order valence-electron chi connectivity index (χ1n) is 9.13. The lowest BCUT2D eigenvalue weighted by atomic mass is 9.96. The van der Waals surface area contributed by atoms with E-state index in [1.165, 1.54) is 33.5 Å². The highest BCUT2D eigenvalue weighted by molar-refractivity contribution is 5.97. The molecule has 156 valence electrons. The van der Waals surface area contributed by atoms with Crippen LogP contribution in [0.3, 0.4) is 0 Å². The first kappa shape index (κ1) is 20.9. The summed E-state index contributed by atoms with van der Waals surface area (Å²) in [7, 11) is 4.47. The molecule has 2 aromatic rings. The Bertz CT molecular complexity index is 874. The average Bonchev–Trinajstić information content (AvgIpc) is 2.77. The van der Waals surface area contributed by atoms with Crippen LogP contribution in [0.1, 0.15) is 22.0 Å². The molecule has 1 heterocycles. The van der Waals surface area contributed by atoms with E-state index in [0.29, 0.717) is 17.1 Å². The summed E-state index contributed by atoms with van der Waals surface area (Å²) in [6, 6.07) is 8.44. The van der Waals surface area contributed by atoms with Gasteiger partial charge in [-0.1, -0.05) is 6.07 Å². The number of morpholine rings is 1. The lowest BCUT2D eigenvalue weighted by molar-refractivity contribution is -0.0812. The second-order valence-corrected chi connectivity index (χ2v) is 6.49. The number of ether oxygens (including phenoxy) is 4. The zero-order valence-corrected chi connectivity index (χ0v) is 16.6. The molecule has 1 aliphatic heterocycles. The Morgan fingerprint density at radius 3 is 2.45 bits per heavy atom. The van der Waals surface area contributed by atoms with E-state index in [4.69, 9.17) is 18.9 Å². The number of halogens is 1. The van der Waals surface area contributed by atoms with Crippen molar-refractivity contribution < 1.29 is 33.2 Å². The molecule has 7 nitrogen and oxygen atoms in total. The quantitative estimate of drug-likeness (QED) is 0.796. The molecule has 8 heteroatoms. The van der Waals surface area contributed by atoms with Crippen LogP contribution in [0, 0.1) is 5.82 Å². The number of carbonyl (C=O) groups is 1. The summed E-state index contributed by atoms with van der Waals surface area (Å²) in [6.45, 7) is 0.232. The first-order chi connectivity index (χ1) is 14.0. The summed E-state index contributed by atoms with van der Waals surface area (Å²) in [6.07, 6.45) is -0.648. The minimum absolute atomic E-state index is 0.108. The fourth-order valence-corrected chi connectivity index (χ4v) is 3.55. The predicted octanol–water partition coefficient (Wildman–Crippen LogP) is 2.43. The molecule has 0 aliphatic carbocycles. The summed E-state index contributed by atoms with van der Waals surface area (Å²) in [5.74, 6) is 0.349. The smallest absolute Gasteiger partial charge is 0.258 e. The number of hydrogen-bond donors (Lipinski definition) is 1. The Morgan fingerprint density at radius 1 is 1.10 bits per heavy atom. The van der Waals surface area contributed by atoms with E-state index in [1.807, 2.05) is 0 Å². The Hall–Kier alpha value is -2.84. The molecule has 2 atom stereocenters. The third-order valence-corrected chi connectivity index (χ3v) is 4.93. The molecule has 0 saturated carbocycles. The van der Waals surface area contributed by atoms with Crippen LogP contribution < -0.4 is 14.2 Å². The van der Waals surface area contributed by atoms with Crippen molar-refractivity contribution in [2.45, 2.75) is 12.1 Å². The molecule has 3 rings (SSSR count). The van der Waals surface area contributed by atoms with Crippen molar-refractivity contribution in [2.24, 2.45) is 0 Å². The highest BCUT2D eigenvalue weighted by Gasteiger charge is 2.37. The minimum atomic E-state index is -0.648. The van der Waals surface area contributed by atoms with Crippen molar-refractivity contribution in [3.8, 4) is 17.2 Å². The molecule has 0 spiro atoms. The number of benzene rings is 2. The standard InChI is InChI=1S/C21H24FNO6/c1-26-16-7-5-14(22)11-15(16)21(25)23-8-9-29-19(12-24)20(23)13-4-6-17(27-2)18(10-13)28-3/h4-7,10-11,19-20,24H,8-9,12H2,1-3H3/t19-,20-/m1/s1. The maximum Gasteiger partial charge on any atom is 0.258 e. The highest BCUT2D eigenvalue weighted by Crippen LogP contribution is 2.37. The summed E-state index contributed by atoms with van der Waals surface area (Å²) >= 11 is 0. The maximum atomic E-state index is 13.8. The van der Waals surface area contributed by atoms with Gasteiger partial charge in [0, 0.05) is 6.54 Å². The van der Waals surface area contributed by atoms with Gasteiger partial charge < -0.3 is 29.0 Å². The van der Waals surface area contributed by atoms with Gasteiger partial charge in [-0.25, -0.2) is 4.39 Å². The highest BCUT2D eigenvalue weighted by atomic mass is 19.1. The molecule has 1 saturated heterocycles. The fourth-order valence-electron chi connectivity index (χ4n) is 3.55. The third-order valence-electron chi connectivity index (χ3n) is 4.93. The molecule has 1 aliphatic rings. The van der Waals surface area contributed by atoms with Gasteiger partial charge in [0.25, 0.3) is 5.91 Å². The number of rotatable bonds is 6. The van der Waals surface area contributed by atoms with Crippen LogP contribution in [-0.4, -0.2) is 63.1 Å². The monoisotopic (exact) mass is 405 g/mol. The molecule has 1 N–H and O–H groups in total. The van der Waals surface area contributed by atoms with Crippen LogP contribution in [-0.2, 0) is 4.74 Å². The van der Waals surface area contributed by atoms with Crippen LogP contribution in [0.15, 0.2) is 36.4 Å². The average molecular weight is 405 g/mol. The van der Waals surface area contributed by atoms with Gasteiger partial charge in [-0.15, -0.1) is 0 Å². The molecule has 0 unspecified atom stereocenters. The van der Waals surface area contributed by atoms with E-state index in [2.05, 4.69) is 0 Å². The zero-order valence-electron chi connectivity index (χ0n) is 16.6. The van der Waals surface area contributed by atoms with Crippen LogP contribution in [0.4, 0.5) is 4.39 Å². The molecule has 0 radical (unpaired) electrons. The normalized spacial score (nSPS) is 19.0. The number of amides is 1. The first-order valence-corrected chi connectivity index (χ1v) is 9.13. The number of hydrogen-bond acceptors (Lipinski definition) is 6. The van der Waals surface area contributed by atoms with Crippen molar-refractivity contribution in [2.75, 3.05) is 41.1 Å². The fraction of sp³-hybridized carbons (Fsp3) is 0.381. The molecule has 1 amide bonds. The third kappa shape index (κ3) is 4.13. The Morgan fingerprint density at radius 2 is 1.79 bits per heavy atom. The van der Waals surface area contributed by atoms with Gasteiger partial charge >= 0.3 is 0 Å². The van der Waals surface area contributed by atoms with Crippen molar-refractivity contribution in [3.63, 3.8) is 0 Å². The zero-order chi connectivity index (χ0) is 21.0. The largest absolute Gasteiger partial charge is 0.496 e. The van der Waals surface area contributed by atoms with Crippen molar-refractivity contribution in [1.29, 1.82) is 0 Å². The molecular weight excluding hydrogens is 381 g/mol. The van der Waals surface area contributed by atoms with Crippen LogP contribution in [0.5, 0.6) is 17.2 Å². The molecule has 29 heavy (non-hydrogen) atoms. The van der Waals surface area contributed by atoms with E-state index >= 15 is 0 Å². The minimum Gasteiger partial charge on any atom is -0.496 e. The second-order valence-electron chi connectivity index (χ2n) is 6.49. The number of aliphatic hydroxyl groups is 1. The van der Waals surface area contributed by atoms with Gasteiger partial charge in [0.2, 0.25) is 0 Å². The number of nitrogens with zero attached hydrogens (tertiary/aromatic N) is 1. The van der Waals surface area contributed by atoms with Gasteiger partial charge in [-0.3, -0.25) is 4.79 Å². The van der Waals surface area contributed by atoms with Gasteiger partial charge in [-0.05, 0) is 35.9 Å². The van der Waals surface area contributed by atoms with Gasteiger partial charge in [0.1, 0.15) is 17.7 Å². The molecule has 2 aromatic carbocycles. The van der Waals surface area contributed by atoms with E-state index < -0.39 is 23.9 Å². The van der Waals surface area contributed by atoms with E-state index in [9.17, 15) is 14.3 Å². The maximum absolute atomic E-state index is 13.8. The number of methoxy groups -OCH3 is 3. The van der Waals surface area contributed by atoms with Crippen molar-refractivity contribution >= 4 is 5.91 Å². The molecular formula is C21H24FNO6. The van der Waals surface area contributed by atoms with Crippen molar-refractivity contribution in [3.05, 3.63) is 53.3 Å². The van der Waals surface area contributed by atoms with Crippen LogP contribution >= 0.6 is 0 Å². The topological polar surface area (TPSA) is 77.5 Å². The summed E-state index contributed by atoms with van der Waals surface area (Å²) in [4.78, 5) is 14.9. The summed E-state index contributed by atoms with van der Waals surface area (Å²) in [5.41, 5.74) is 0.807. The van der Waals surface area contributed by atoms with Gasteiger partial charge in [-0.2, -0.15) is 0 Å². The number of carbonyl (C=O) groups excluding carboxylic acids is 1. The van der Waals surface area contributed by atoms with Crippen LogP contribution in [0.2, 0.25) is 0 Å². The van der Waals surface area contributed by atoms with Gasteiger partial charge in [0.05, 0.1) is 46.1 Å². The predicted molar refractivity (Wildman–Crippen MR) is 103 cm³/mol. The lowest BCUT2D eigenvalue weighted by Gasteiger charge is -2.41. The lowest BCUT2D eigenvalue weighted by Crippen LogP contribution is -2.49. The van der Waals surface area contributed by atoms with E-state index in [-0.39, 0.29) is 31.1 Å². The van der Waals surface area contributed by atoms with Crippen LogP contribution in [0.25, 0.3) is 0 Å². The van der Waals surface area contributed by atoms with Gasteiger partial charge in [0.15, 0.2) is 11.5 Å². The summed E-state index contributed by atoms with van der Waals surface area (Å²) in [5, 5.41) is 9.86. The summed E-state index contributed by atoms with van der Waals surface area (Å²) < 4.78 is 35.4. The van der Waals surface area contributed by atoms with E-state index in [0.717, 1.165) is 6.07 Å². The number of aliphatic hydroxyl groups excluding tert-OH is 1. The molecule has 1 fully saturated rings. The van der Waals surface area contributed by atoms with Crippen molar-refractivity contribution in [1.82, 2.24) is 4.90 Å². The molecule has 0 aromatic heterocycles. The Kier molecular flexibility index (Phi) is 6.56. The molecule has 0 bridgehead atoms.